The minimum atomic E-state index is 0. The number of thiophene rings is 1. The van der Waals surface area contributed by atoms with Crippen molar-refractivity contribution in [3.63, 3.8) is 0 Å². The van der Waals surface area contributed by atoms with Crippen molar-refractivity contribution in [1.82, 2.24) is 10.2 Å². The van der Waals surface area contributed by atoms with Gasteiger partial charge in [0.2, 0.25) is 0 Å². The van der Waals surface area contributed by atoms with E-state index in [1.165, 1.54) is 11.4 Å². The molecule has 27 heavy (non-hydrogen) atoms. The summed E-state index contributed by atoms with van der Waals surface area (Å²) in [7, 11) is 0. The number of unbranched alkanes of at least 4 members (excludes halogenated alkanes) is 1. The lowest BCUT2D eigenvalue weighted by Crippen LogP contribution is -2.52. The minimum absolute atomic E-state index is 0. The van der Waals surface area contributed by atoms with Crippen LogP contribution < -0.4 is 10.2 Å². The molecule has 0 spiro atoms. The minimum Gasteiger partial charge on any atom is -0.379 e. The number of anilines is 1. The SMILES string of the molecule is CCCCOCCOCCN=C(NCC)N1CCN(c2cccs2)CC1.I. The lowest BCUT2D eigenvalue weighted by atomic mass is 10.3. The van der Waals surface area contributed by atoms with Crippen molar-refractivity contribution in [3.8, 4) is 0 Å². The molecule has 8 heteroatoms. The number of hydrogen-bond donors (Lipinski definition) is 1. The summed E-state index contributed by atoms with van der Waals surface area (Å²) < 4.78 is 11.1. The second kappa shape index (κ2) is 15.4. The maximum atomic E-state index is 5.61. The van der Waals surface area contributed by atoms with E-state index in [4.69, 9.17) is 14.5 Å². The molecule has 2 rings (SSSR count). The maximum absolute atomic E-state index is 5.61. The van der Waals surface area contributed by atoms with Crippen LogP contribution in [0.15, 0.2) is 22.5 Å². The Bertz CT molecular complexity index is 494. The number of halogens is 1. The van der Waals surface area contributed by atoms with Gasteiger partial charge in [0.15, 0.2) is 5.96 Å². The molecule has 0 atom stereocenters. The van der Waals surface area contributed by atoms with Gasteiger partial charge in [0.1, 0.15) is 0 Å². The zero-order chi connectivity index (χ0) is 18.5. The number of nitrogens with zero attached hydrogens (tertiary/aromatic N) is 3. The first-order chi connectivity index (χ1) is 12.8. The Hall–Kier alpha value is -0.580. The zero-order valence-corrected chi connectivity index (χ0v) is 19.8. The van der Waals surface area contributed by atoms with E-state index in [9.17, 15) is 0 Å². The van der Waals surface area contributed by atoms with Gasteiger partial charge >= 0.3 is 0 Å². The Kier molecular flexibility index (Phi) is 13.9. The predicted octanol–water partition coefficient (Wildman–Crippen LogP) is 3.29. The Morgan fingerprint density at radius 2 is 1.85 bits per heavy atom. The van der Waals surface area contributed by atoms with E-state index < -0.39 is 0 Å². The molecule has 0 aliphatic carbocycles. The van der Waals surface area contributed by atoms with Crippen molar-refractivity contribution >= 4 is 46.3 Å². The fraction of sp³-hybridized carbons (Fsp3) is 0.737. The second-order valence-corrected chi connectivity index (χ2v) is 7.17. The van der Waals surface area contributed by atoms with Crippen LogP contribution in [0.2, 0.25) is 0 Å². The van der Waals surface area contributed by atoms with Gasteiger partial charge in [0.25, 0.3) is 0 Å². The second-order valence-electron chi connectivity index (χ2n) is 6.24. The summed E-state index contributed by atoms with van der Waals surface area (Å²) in [6.45, 7) is 12.7. The topological polar surface area (TPSA) is 49.3 Å². The number of rotatable bonds is 11. The first-order valence-corrected chi connectivity index (χ1v) is 10.7. The molecular weight excluding hydrogens is 475 g/mol. The molecule has 0 saturated carbocycles. The Morgan fingerprint density at radius 1 is 1.11 bits per heavy atom. The molecule has 0 radical (unpaired) electrons. The quantitative estimate of drug-likeness (QED) is 0.214. The molecule has 0 aromatic carbocycles. The van der Waals surface area contributed by atoms with Crippen molar-refractivity contribution in [2.45, 2.75) is 26.7 Å². The monoisotopic (exact) mass is 510 g/mol. The van der Waals surface area contributed by atoms with Gasteiger partial charge in [-0.1, -0.05) is 13.3 Å². The van der Waals surface area contributed by atoms with Crippen molar-refractivity contribution in [2.24, 2.45) is 4.99 Å². The average Bonchev–Trinajstić information content (AvgIpc) is 3.21. The molecule has 2 heterocycles. The molecule has 1 aromatic rings. The van der Waals surface area contributed by atoms with Crippen LogP contribution in [-0.4, -0.2) is 76.6 Å². The molecule has 0 unspecified atom stereocenters. The first kappa shape index (κ1) is 24.5. The summed E-state index contributed by atoms with van der Waals surface area (Å²) in [5, 5.41) is 6.91. The van der Waals surface area contributed by atoms with Gasteiger partial charge in [-0.05, 0) is 30.9 Å². The molecule has 0 amide bonds. The van der Waals surface area contributed by atoms with Gasteiger partial charge in [0, 0.05) is 39.3 Å². The highest BCUT2D eigenvalue weighted by Crippen LogP contribution is 2.22. The molecule has 1 N–H and O–H groups in total. The summed E-state index contributed by atoms with van der Waals surface area (Å²) in [6.07, 6.45) is 2.29. The van der Waals surface area contributed by atoms with E-state index >= 15 is 0 Å². The molecule has 1 aromatic heterocycles. The lowest BCUT2D eigenvalue weighted by molar-refractivity contribution is 0.0497. The van der Waals surface area contributed by atoms with E-state index in [0.29, 0.717) is 26.4 Å². The third-order valence-electron chi connectivity index (χ3n) is 4.24. The van der Waals surface area contributed by atoms with E-state index in [1.807, 2.05) is 11.3 Å². The van der Waals surface area contributed by atoms with Crippen LogP contribution in [-0.2, 0) is 9.47 Å². The standard InChI is InChI=1S/C19H34N4O2S.HI/c1-3-5-13-24-15-16-25-14-8-21-19(20-4-2)23-11-9-22(10-12-23)18-7-6-17-26-18;/h6-7,17H,3-5,8-16H2,1-2H3,(H,20,21);1H. The molecule has 1 saturated heterocycles. The van der Waals surface area contributed by atoms with Crippen LogP contribution in [0, 0.1) is 0 Å². The summed E-state index contributed by atoms with van der Waals surface area (Å²) in [5.41, 5.74) is 0. The first-order valence-electron chi connectivity index (χ1n) is 9.82. The van der Waals surface area contributed by atoms with Crippen LogP contribution in [0.4, 0.5) is 5.00 Å². The van der Waals surface area contributed by atoms with Gasteiger partial charge in [-0.25, -0.2) is 0 Å². The number of hydrogen-bond acceptors (Lipinski definition) is 5. The van der Waals surface area contributed by atoms with Crippen molar-refractivity contribution < 1.29 is 9.47 Å². The predicted molar refractivity (Wildman–Crippen MR) is 126 cm³/mol. The van der Waals surface area contributed by atoms with Crippen LogP contribution >= 0.6 is 35.3 Å². The summed E-state index contributed by atoms with van der Waals surface area (Å²) in [5.74, 6) is 1.00. The number of aliphatic imine (C=N–C) groups is 1. The Balaban J connectivity index is 0.00000364. The highest BCUT2D eigenvalue weighted by molar-refractivity contribution is 14.0. The fourth-order valence-corrected chi connectivity index (χ4v) is 3.58. The fourth-order valence-electron chi connectivity index (χ4n) is 2.80. The smallest absolute Gasteiger partial charge is 0.194 e. The highest BCUT2D eigenvalue weighted by Gasteiger charge is 2.20. The third kappa shape index (κ3) is 9.45. The Morgan fingerprint density at radius 3 is 2.48 bits per heavy atom. The molecule has 1 aliphatic heterocycles. The van der Waals surface area contributed by atoms with Crippen molar-refractivity contribution in [3.05, 3.63) is 17.5 Å². The van der Waals surface area contributed by atoms with Gasteiger partial charge in [0.05, 0.1) is 31.4 Å². The average molecular weight is 510 g/mol. The molecule has 0 bridgehead atoms. The summed E-state index contributed by atoms with van der Waals surface area (Å²) >= 11 is 1.81. The zero-order valence-electron chi connectivity index (χ0n) is 16.7. The number of ether oxygens (including phenoxy) is 2. The largest absolute Gasteiger partial charge is 0.379 e. The van der Waals surface area contributed by atoms with Gasteiger partial charge < -0.3 is 24.6 Å². The molecule has 6 nitrogen and oxygen atoms in total. The van der Waals surface area contributed by atoms with Gasteiger partial charge in [-0.2, -0.15) is 0 Å². The van der Waals surface area contributed by atoms with Crippen LogP contribution in [0.1, 0.15) is 26.7 Å². The Labute approximate surface area is 185 Å². The van der Waals surface area contributed by atoms with Crippen LogP contribution in [0.5, 0.6) is 0 Å². The van der Waals surface area contributed by atoms with E-state index in [0.717, 1.165) is 51.7 Å². The third-order valence-corrected chi connectivity index (χ3v) is 5.17. The molecule has 1 aliphatic rings. The van der Waals surface area contributed by atoms with Crippen LogP contribution in [0.3, 0.4) is 0 Å². The van der Waals surface area contributed by atoms with Crippen molar-refractivity contribution in [2.75, 3.05) is 70.6 Å². The molecule has 156 valence electrons. The normalized spacial score (nSPS) is 15.0. The molecular formula is C19H35IN4O2S. The number of guanidine groups is 1. The van der Waals surface area contributed by atoms with Crippen LogP contribution in [0.25, 0.3) is 0 Å². The van der Waals surface area contributed by atoms with Gasteiger partial charge in [-0.3, -0.25) is 4.99 Å². The van der Waals surface area contributed by atoms with Gasteiger partial charge in [-0.15, -0.1) is 35.3 Å². The maximum Gasteiger partial charge on any atom is 0.194 e. The summed E-state index contributed by atoms with van der Waals surface area (Å²) in [4.78, 5) is 9.52. The van der Waals surface area contributed by atoms with E-state index in [-0.39, 0.29) is 24.0 Å². The van der Waals surface area contributed by atoms with Crippen molar-refractivity contribution in [1.29, 1.82) is 0 Å². The van der Waals surface area contributed by atoms with E-state index in [1.54, 1.807) is 0 Å². The molecule has 1 fully saturated rings. The number of nitrogens with one attached hydrogen (secondary N) is 1. The summed E-state index contributed by atoms with van der Waals surface area (Å²) in [6, 6.07) is 4.32. The number of piperazine rings is 1. The highest BCUT2D eigenvalue weighted by atomic mass is 127. The van der Waals surface area contributed by atoms with E-state index in [2.05, 4.69) is 46.5 Å². The lowest BCUT2D eigenvalue weighted by Gasteiger charge is -2.37.